The van der Waals surface area contributed by atoms with Crippen LogP contribution in [0.2, 0.25) is 0 Å². The van der Waals surface area contributed by atoms with Crippen molar-refractivity contribution in [3.63, 3.8) is 0 Å². The molecule has 0 radical (unpaired) electrons. The lowest BCUT2D eigenvalue weighted by Crippen LogP contribution is -2.28. The first-order valence-electron chi connectivity index (χ1n) is 3.85. The average molecular weight is 185 g/mol. The second-order valence-corrected chi connectivity index (χ2v) is 2.68. The largest absolute Gasteiger partial charge is 0.411 e. The number of rotatable bonds is 5. The fraction of sp³-hybridized carbons (Fsp3) is 1.00. The highest BCUT2D eigenvalue weighted by molar-refractivity contribution is 4.58. The van der Waals surface area contributed by atoms with Crippen molar-refractivity contribution in [2.75, 3.05) is 13.2 Å². The number of hydrogen-bond acceptors (Lipinski definition) is 2. The Labute approximate surface area is 69.9 Å². The molecule has 1 atom stereocenters. The summed E-state index contributed by atoms with van der Waals surface area (Å²) in [4.78, 5) is 0. The standard InChI is InChI=1S/C7H14F3NO/c1-2-3-6(11)4-12-5-7(8,9)10/h6H,2-5,11H2,1H3/t6-/m1/s1. The van der Waals surface area contributed by atoms with E-state index in [-0.39, 0.29) is 12.6 Å². The third kappa shape index (κ3) is 7.81. The van der Waals surface area contributed by atoms with Crippen LogP contribution in [0, 0.1) is 0 Å². The Morgan fingerprint density at radius 2 is 2.00 bits per heavy atom. The van der Waals surface area contributed by atoms with E-state index in [4.69, 9.17) is 5.73 Å². The summed E-state index contributed by atoms with van der Waals surface area (Å²) in [5.41, 5.74) is 5.42. The van der Waals surface area contributed by atoms with Crippen LogP contribution in [-0.4, -0.2) is 25.4 Å². The predicted octanol–water partition coefficient (Wildman–Crippen LogP) is 1.69. The van der Waals surface area contributed by atoms with E-state index in [1.807, 2.05) is 6.92 Å². The van der Waals surface area contributed by atoms with Crippen LogP contribution in [0.25, 0.3) is 0 Å². The van der Waals surface area contributed by atoms with Crippen LogP contribution in [0.1, 0.15) is 19.8 Å². The monoisotopic (exact) mass is 185 g/mol. The quantitative estimate of drug-likeness (QED) is 0.707. The van der Waals surface area contributed by atoms with Crippen molar-refractivity contribution >= 4 is 0 Å². The van der Waals surface area contributed by atoms with Gasteiger partial charge in [-0.15, -0.1) is 0 Å². The molecular weight excluding hydrogens is 171 g/mol. The molecule has 0 bridgehead atoms. The molecule has 0 aromatic rings. The second-order valence-electron chi connectivity index (χ2n) is 2.68. The smallest absolute Gasteiger partial charge is 0.370 e. The predicted molar refractivity (Wildman–Crippen MR) is 39.8 cm³/mol. The molecule has 0 saturated heterocycles. The lowest BCUT2D eigenvalue weighted by atomic mass is 10.2. The Morgan fingerprint density at radius 1 is 1.42 bits per heavy atom. The van der Waals surface area contributed by atoms with Crippen LogP contribution in [-0.2, 0) is 4.74 Å². The van der Waals surface area contributed by atoms with Gasteiger partial charge in [0.05, 0.1) is 6.61 Å². The molecule has 2 N–H and O–H groups in total. The zero-order chi connectivity index (χ0) is 9.61. The summed E-state index contributed by atoms with van der Waals surface area (Å²) in [7, 11) is 0. The fourth-order valence-electron chi connectivity index (χ4n) is 0.780. The van der Waals surface area contributed by atoms with Crippen molar-refractivity contribution < 1.29 is 17.9 Å². The zero-order valence-electron chi connectivity index (χ0n) is 7.03. The summed E-state index contributed by atoms with van der Waals surface area (Å²) in [6.07, 6.45) is -2.69. The van der Waals surface area contributed by atoms with Crippen LogP contribution in [0.5, 0.6) is 0 Å². The van der Waals surface area contributed by atoms with Gasteiger partial charge in [0, 0.05) is 6.04 Å². The van der Waals surface area contributed by atoms with Crippen LogP contribution in [0.3, 0.4) is 0 Å². The van der Waals surface area contributed by atoms with Crippen molar-refractivity contribution in [2.45, 2.75) is 32.0 Å². The maximum absolute atomic E-state index is 11.5. The van der Waals surface area contributed by atoms with Crippen LogP contribution in [0.15, 0.2) is 0 Å². The first-order valence-corrected chi connectivity index (χ1v) is 3.85. The third-order valence-electron chi connectivity index (χ3n) is 1.26. The molecule has 0 aliphatic rings. The van der Waals surface area contributed by atoms with Gasteiger partial charge in [-0.25, -0.2) is 0 Å². The van der Waals surface area contributed by atoms with E-state index in [1.165, 1.54) is 0 Å². The molecule has 0 aliphatic heterocycles. The van der Waals surface area contributed by atoms with Crippen molar-refractivity contribution in [3.05, 3.63) is 0 Å². The lowest BCUT2D eigenvalue weighted by Gasteiger charge is -2.12. The molecule has 0 aliphatic carbocycles. The van der Waals surface area contributed by atoms with Gasteiger partial charge in [-0.2, -0.15) is 13.2 Å². The molecule has 0 aromatic heterocycles. The minimum Gasteiger partial charge on any atom is -0.370 e. The second kappa shape index (κ2) is 5.37. The van der Waals surface area contributed by atoms with Gasteiger partial charge in [-0.3, -0.25) is 0 Å². The summed E-state index contributed by atoms with van der Waals surface area (Å²) >= 11 is 0. The van der Waals surface area contributed by atoms with Gasteiger partial charge in [0.2, 0.25) is 0 Å². The maximum atomic E-state index is 11.5. The molecule has 2 nitrogen and oxygen atoms in total. The summed E-state index contributed by atoms with van der Waals surface area (Å²) < 4.78 is 38.9. The van der Waals surface area contributed by atoms with Gasteiger partial charge in [0.1, 0.15) is 6.61 Å². The highest BCUT2D eigenvalue weighted by Crippen LogP contribution is 2.14. The van der Waals surface area contributed by atoms with Crippen molar-refractivity contribution in [1.82, 2.24) is 0 Å². The summed E-state index contributed by atoms with van der Waals surface area (Å²) in [6, 6.07) is -0.280. The molecule has 0 amide bonds. The Hall–Kier alpha value is -0.290. The molecule has 0 rings (SSSR count). The maximum Gasteiger partial charge on any atom is 0.411 e. The minimum atomic E-state index is -4.24. The molecule has 12 heavy (non-hydrogen) atoms. The van der Waals surface area contributed by atoms with Gasteiger partial charge < -0.3 is 10.5 Å². The molecule has 0 heterocycles. The van der Waals surface area contributed by atoms with E-state index in [1.54, 1.807) is 0 Å². The highest BCUT2D eigenvalue weighted by Gasteiger charge is 2.27. The number of ether oxygens (including phenoxy) is 1. The SMILES string of the molecule is CCC[C@@H](N)COCC(F)(F)F. The number of hydrogen-bond donors (Lipinski definition) is 1. The van der Waals surface area contributed by atoms with E-state index < -0.39 is 12.8 Å². The number of alkyl halides is 3. The van der Waals surface area contributed by atoms with Gasteiger partial charge in [-0.05, 0) is 6.42 Å². The fourth-order valence-corrected chi connectivity index (χ4v) is 0.780. The molecule has 0 aromatic carbocycles. The Balaban J connectivity index is 3.31. The normalized spacial score (nSPS) is 14.8. The van der Waals surface area contributed by atoms with Gasteiger partial charge in [-0.1, -0.05) is 13.3 Å². The molecule has 0 fully saturated rings. The van der Waals surface area contributed by atoms with Crippen molar-refractivity contribution in [3.8, 4) is 0 Å². The lowest BCUT2D eigenvalue weighted by molar-refractivity contribution is -0.174. The Bertz CT molecular complexity index is 116. The first kappa shape index (κ1) is 11.7. The minimum absolute atomic E-state index is 0.0205. The molecule has 74 valence electrons. The van der Waals surface area contributed by atoms with E-state index in [9.17, 15) is 13.2 Å². The van der Waals surface area contributed by atoms with E-state index in [2.05, 4.69) is 4.74 Å². The number of nitrogens with two attached hydrogens (primary N) is 1. The van der Waals surface area contributed by atoms with E-state index in [0.717, 1.165) is 6.42 Å². The summed E-state index contributed by atoms with van der Waals surface area (Å²) in [6.45, 7) is 0.696. The van der Waals surface area contributed by atoms with E-state index in [0.29, 0.717) is 6.42 Å². The first-order chi connectivity index (χ1) is 5.45. The highest BCUT2D eigenvalue weighted by atomic mass is 19.4. The Morgan fingerprint density at radius 3 is 2.42 bits per heavy atom. The van der Waals surface area contributed by atoms with Crippen LogP contribution < -0.4 is 5.73 Å². The van der Waals surface area contributed by atoms with Gasteiger partial charge in [0.25, 0.3) is 0 Å². The van der Waals surface area contributed by atoms with Crippen LogP contribution >= 0.6 is 0 Å². The zero-order valence-corrected chi connectivity index (χ0v) is 7.03. The van der Waals surface area contributed by atoms with Crippen LogP contribution in [0.4, 0.5) is 13.2 Å². The Kier molecular flexibility index (Phi) is 5.24. The van der Waals surface area contributed by atoms with Gasteiger partial charge >= 0.3 is 6.18 Å². The van der Waals surface area contributed by atoms with E-state index >= 15 is 0 Å². The topological polar surface area (TPSA) is 35.2 Å². The van der Waals surface area contributed by atoms with Crippen molar-refractivity contribution in [2.24, 2.45) is 5.73 Å². The molecular formula is C7H14F3NO. The van der Waals surface area contributed by atoms with Crippen molar-refractivity contribution in [1.29, 1.82) is 0 Å². The average Bonchev–Trinajstić information content (AvgIpc) is 1.84. The number of halogens is 3. The molecule has 0 spiro atoms. The summed E-state index contributed by atoms with van der Waals surface area (Å²) in [5, 5.41) is 0. The molecule has 0 saturated carbocycles. The molecule has 0 unspecified atom stereocenters. The molecule has 5 heteroatoms. The third-order valence-corrected chi connectivity index (χ3v) is 1.26. The summed E-state index contributed by atoms with van der Waals surface area (Å²) in [5.74, 6) is 0. The van der Waals surface area contributed by atoms with Gasteiger partial charge in [0.15, 0.2) is 0 Å².